The maximum Gasteiger partial charge on any atom is 0.350 e. The van der Waals surface area contributed by atoms with Crippen LogP contribution in [-0.2, 0) is 21.4 Å². The molecule has 0 radical (unpaired) electrons. The number of ether oxygens (including phenoxy) is 1. The molecule has 0 aliphatic carbocycles. The Labute approximate surface area is 179 Å². The number of thiophene rings is 1. The van der Waals surface area contributed by atoms with Crippen molar-refractivity contribution in [2.24, 2.45) is 0 Å². The van der Waals surface area contributed by atoms with Crippen LogP contribution in [0.5, 0.6) is 0 Å². The van der Waals surface area contributed by atoms with Crippen LogP contribution in [-0.4, -0.2) is 52.7 Å². The Bertz CT molecular complexity index is 1220. The highest BCUT2D eigenvalue weighted by atomic mass is 32.2. The minimum absolute atomic E-state index is 0.0308. The van der Waals surface area contributed by atoms with Crippen molar-refractivity contribution in [1.82, 2.24) is 13.7 Å². The van der Waals surface area contributed by atoms with E-state index in [9.17, 15) is 18.0 Å². The third-order valence-corrected chi connectivity index (χ3v) is 9.23. The fourth-order valence-electron chi connectivity index (χ4n) is 2.96. The largest absolute Gasteiger partial charge is 0.455 e. The Kier molecular flexibility index (Phi) is 5.80. The molecule has 3 aromatic heterocycles. The summed E-state index contributed by atoms with van der Waals surface area (Å²) in [4.78, 5) is 29.6. The molecule has 1 aliphatic rings. The number of carbonyl (C=O) groups excluding carboxylic acids is 1. The summed E-state index contributed by atoms with van der Waals surface area (Å²) in [5, 5.41) is 3.38. The number of aryl methyl sites for hydroxylation is 1. The van der Waals surface area contributed by atoms with E-state index < -0.39 is 16.0 Å². The van der Waals surface area contributed by atoms with Gasteiger partial charge in [0.2, 0.25) is 10.0 Å². The van der Waals surface area contributed by atoms with E-state index in [1.165, 1.54) is 32.2 Å². The molecule has 0 amide bonds. The van der Waals surface area contributed by atoms with Crippen molar-refractivity contribution in [1.29, 1.82) is 0 Å². The Morgan fingerprint density at radius 1 is 1.28 bits per heavy atom. The van der Waals surface area contributed by atoms with Gasteiger partial charge in [0.05, 0.1) is 5.69 Å². The summed E-state index contributed by atoms with van der Waals surface area (Å²) in [6.07, 6.45) is 0. The third kappa shape index (κ3) is 3.99. The molecule has 4 heterocycles. The first kappa shape index (κ1) is 20.5. The van der Waals surface area contributed by atoms with E-state index in [1.54, 1.807) is 17.1 Å². The third-order valence-electron chi connectivity index (χ3n) is 4.38. The number of fused-ring (bicyclic) bond motifs is 1. The standard InChI is InChI=1S/C17H17N3O5S4/c1-11-10-28-17-18-12(8-14(21)20(11)17)9-25-16(22)15-13(2-5-27-15)29(23,24)19-3-6-26-7-4-19/h2,5,8,10H,3-4,6-7,9H2,1H3. The van der Waals surface area contributed by atoms with Gasteiger partial charge in [0.1, 0.15) is 16.4 Å². The van der Waals surface area contributed by atoms with Gasteiger partial charge in [-0.2, -0.15) is 16.1 Å². The summed E-state index contributed by atoms with van der Waals surface area (Å²) in [5.41, 5.74) is 0.858. The molecule has 0 bridgehead atoms. The van der Waals surface area contributed by atoms with Crippen LogP contribution >= 0.6 is 34.4 Å². The minimum Gasteiger partial charge on any atom is -0.455 e. The Balaban J connectivity index is 1.53. The summed E-state index contributed by atoms with van der Waals surface area (Å²) in [7, 11) is -3.75. The molecule has 8 nitrogen and oxygen atoms in total. The van der Waals surface area contributed by atoms with Crippen LogP contribution in [0.15, 0.2) is 32.6 Å². The highest BCUT2D eigenvalue weighted by Gasteiger charge is 2.31. The van der Waals surface area contributed by atoms with Crippen LogP contribution < -0.4 is 5.56 Å². The Morgan fingerprint density at radius 2 is 2.03 bits per heavy atom. The average molecular weight is 472 g/mol. The van der Waals surface area contributed by atoms with Crippen LogP contribution in [0.1, 0.15) is 21.1 Å². The molecule has 0 spiro atoms. The fraction of sp³-hybridized carbons (Fsp3) is 0.353. The topological polar surface area (TPSA) is 98.0 Å². The predicted octanol–water partition coefficient (Wildman–Crippen LogP) is 2.22. The average Bonchev–Trinajstić information content (AvgIpc) is 3.35. The van der Waals surface area contributed by atoms with Crippen molar-refractivity contribution in [2.75, 3.05) is 24.6 Å². The number of esters is 1. The molecule has 4 rings (SSSR count). The first-order valence-corrected chi connectivity index (χ1v) is 13.0. The van der Waals surface area contributed by atoms with Crippen LogP contribution in [0, 0.1) is 6.92 Å². The first-order chi connectivity index (χ1) is 13.9. The van der Waals surface area contributed by atoms with E-state index in [0.717, 1.165) is 28.5 Å². The normalized spacial score (nSPS) is 15.6. The van der Waals surface area contributed by atoms with Gasteiger partial charge in [-0.3, -0.25) is 9.20 Å². The van der Waals surface area contributed by atoms with Crippen LogP contribution in [0.4, 0.5) is 0 Å². The van der Waals surface area contributed by atoms with Gasteiger partial charge in [-0.25, -0.2) is 18.2 Å². The smallest absolute Gasteiger partial charge is 0.350 e. The minimum atomic E-state index is -3.75. The summed E-state index contributed by atoms with van der Waals surface area (Å²) in [6, 6.07) is 2.75. The maximum atomic E-state index is 12.9. The first-order valence-electron chi connectivity index (χ1n) is 8.67. The molecular formula is C17H17N3O5S4. The molecule has 3 aromatic rings. The molecule has 1 fully saturated rings. The Hall–Kier alpha value is -1.73. The van der Waals surface area contributed by atoms with Crippen molar-refractivity contribution in [3.05, 3.63) is 49.5 Å². The summed E-state index contributed by atoms with van der Waals surface area (Å²) in [6.45, 7) is 2.45. The van der Waals surface area contributed by atoms with Crippen molar-refractivity contribution in [3.63, 3.8) is 0 Å². The predicted molar refractivity (Wildman–Crippen MR) is 114 cm³/mol. The van der Waals surface area contributed by atoms with E-state index in [-0.39, 0.29) is 21.9 Å². The molecule has 0 unspecified atom stereocenters. The second-order valence-electron chi connectivity index (χ2n) is 6.29. The fourth-order valence-corrected chi connectivity index (χ4v) is 7.71. The van der Waals surface area contributed by atoms with Gasteiger partial charge < -0.3 is 4.74 Å². The van der Waals surface area contributed by atoms with Gasteiger partial charge in [0, 0.05) is 41.7 Å². The zero-order chi connectivity index (χ0) is 20.6. The maximum absolute atomic E-state index is 12.9. The van der Waals surface area contributed by atoms with E-state index in [1.807, 2.05) is 12.3 Å². The highest BCUT2D eigenvalue weighted by Crippen LogP contribution is 2.28. The monoisotopic (exact) mass is 471 g/mol. The molecule has 1 aliphatic heterocycles. The molecule has 0 N–H and O–H groups in total. The zero-order valence-corrected chi connectivity index (χ0v) is 18.6. The molecular weight excluding hydrogens is 454 g/mol. The lowest BCUT2D eigenvalue weighted by atomic mass is 10.4. The van der Waals surface area contributed by atoms with Gasteiger partial charge in [-0.05, 0) is 18.4 Å². The lowest BCUT2D eigenvalue weighted by Crippen LogP contribution is -2.38. The zero-order valence-electron chi connectivity index (χ0n) is 15.4. The van der Waals surface area contributed by atoms with Crippen molar-refractivity contribution >= 4 is 55.4 Å². The number of thiazole rings is 1. The van der Waals surface area contributed by atoms with Gasteiger partial charge in [-0.15, -0.1) is 22.7 Å². The number of thioether (sulfide) groups is 1. The van der Waals surface area contributed by atoms with Gasteiger partial charge in [-0.1, -0.05) is 0 Å². The number of rotatable bonds is 5. The second-order valence-corrected chi connectivity index (χ2v) is 11.2. The van der Waals surface area contributed by atoms with E-state index in [2.05, 4.69) is 4.98 Å². The second kappa shape index (κ2) is 8.19. The van der Waals surface area contributed by atoms with Gasteiger partial charge >= 0.3 is 5.97 Å². The van der Waals surface area contributed by atoms with E-state index in [0.29, 0.717) is 23.7 Å². The molecule has 0 aromatic carbocycles. The van der Waals surface area contributed by atoms with E-state index in [4.69, 9.17) is 4.74 Å². The van der Waals surface area contributed by atoms with Crippen molar-refractivity contribution in [3.8, 4) is 0 Å². The van der Waals surface area contributed by atoms with Crippen molar-refractivity contribution in [2.45, 2.75) is 18.4 Å². The van der Waals surface area contributed by atoms with Crippen LogP contribution in [0.25, 0.3) is 4.96 Å². The Morgan fingerprint density at radius 3 is 2.79 bits per heavy atom. The van der Waals surface area contributed by atoms with Crippen molar-refractivity contribution < 1.29 is 17.9 Å². The highest BCUT2D eigenvalue weighted by molar-refractivity contribution is 7.99. The molecule has 0 saturated carbocycles. The number of hydrogen-bond acceptors (Lipinski definition) is 9. The molecule has 154 valence electrons. The SMILES string of the molecule is Cc1csc2nc(COC(=O)c3sccc3S(=O)(=O)N3CCSCC3)cc(=O)n12. The van der Waals surface area contributed by atoms with E-state index >= 15 is 0 Å². The number of nitrogens with zero attached hydrogens (tertiary/aromatic N) is 3. The van der Waals surface area contributed by atoms with Crippen LogP contribution in [0.2, 0.25) is 0 Å². The number of carbonyl (C=O) groups is 1. The molecule has 1 saturated heterocycles. The molecule has 29 heavy (non-hydrogen) atoms. The number of hydrogen-bond donors (Lipinski definition) is 0. The van der Waals surface area contributed by atoms with Gasteiger partial charge in [0.15, 0.2) is 4.96 Å². The molecule has 12 heteroatoms. The summed E-state index contributed by atoms with van der Waals surface area (Å²) >= 11 is 4.05. The number of aromatic nitrogens is 2. The molecule has 0 atom stereocenters. The van der Waals surface area contributed by atoms with Gasteiger partial charge in [0.25, 0.3) is 5.56 Å². The summed E-state index contributed by atoms with van der Waals surface area (Å²) < 4.78 is 34.0. The lowest BCUT2D eigenvalue weighted by Gasteiger charge is -2.25. The summed E-state index contributed by atoms with van der Waals surface area (Å²) in [5.74, 6) is 0.721. The lowest BCUT2D eigenvalue weighted by molar-refractivity contribution is 0.0469. The quantitative estimate of drug-likeness (QED) is 0.526. The number of sulfonamides is 1. The van der Waals surface area contributed by atoms with Crippen LogP contribution in [0.3, 0.4) is 0 Å².